The number of hydrogen-bond acceptors (Lipinski definition) is 2. The van der Waals surface area contributed by atoms with Crippen molar-refractivity contribution < 1.29 is 9.90 Å². The van der Waals surface area contributed by atoms with E-state index in [1.165, 1.54) is 6.42 Å². The molecular weight excluding hydrogens is 156 g/mol. The summed E-state index contributed by atoms with van der Waals surface area (Å²) in [6.45, 7) is 2.47. The molecule has 0 aromatic heterocycles. The van der Waals surface area contributed by atoms with Crippen LogP contribution in [-0.2, 0) is 0 Å². The molecule has 0 aromatic carbocycles. The molecule has 0 aromatic rings. The zero-order valence-corrected chi connectivity index (χ0v) is 7.34. The van der Waals surface area contributed by atoms with Gasteiger partial charge in [0, 0.05) is 11.5 Å². The number of carbonyl (C=O) groups is 1. The minimum absolute atomic E-state index is 0.0197. The molecule has 0 saturated heterocycles. The molecule has 1 saturated carbocycles. The lowest BCUT2D eigenvalue weighted by molar-refractivity contribution is 0.0897. The Morgan fingerprint density at radius 2 is 2.33 bits per heavy atom. The van der Waals surface area contributed by atoms with E-state index in [2.05, 4.69) is 5.32 Å². The third-order valence-electron chi connectivity index (χ3n) is 3.01. The van der Waals surface area contributed by atoms with Gasteiger partial charge in [-0.05, 0) is 26.3 Å². The molecular formula is C8H16N2O2. The van der Waals surface area contributed by atoms with E-state index in [9.17, 15) is 4.79 Å². The van der Waals surface area contributed by atoms with Crippen molar-refractivity contribution in [2.45, 2.75) is 32.2 Å². The Morgan fingerprint density at radius 1 is 1.75 bits per heavy atom. The summed E-state index contributed by atoms with van der Waals surface area (Å²) in [5, 5.41) is 11.0. The van der Waals surface area contributed by atoms with Gasteiger partial charge in [0.05, 0.1) is 0 Å². The maximum Gasteiger partial charge on any atom is 0.404 e. The van der Waals surface area contributed by atoms with Gasteiger partial charge in [-0.2, -0.15) is 0 Å². The van der Waals surface area contributed by atoms with Crippen LogP contribution in [0.4, 0.5) is 4.79 Å². The van der Waals surface area contributed by atoms with Gasteiger partial charge >= 0.3 is 6.09 Å². The molecule has 4 heteroatoms. The van der Waals surface area contributed by atoms with Crippen molar-refractivity contribution in [3.05, 3.63) is 0 Å². The van der Waals surface area contributed by atoms with Gasteiger partial charge in [-0.3, -0.25) is 0 Å². The molecule has 4 nitrogen and oxygen atoms in total. The second-order valence-electron chi connectivity index (χ2n) is 3.59. The number of rotatable bonds is 3. The molecule has 4 N–H and O–H groups in total. The van der Waals surface area contributed by atoms with Crippen molar-refractivity contribution in [3.8, 4) is 0 Å². The Hall–Kier alpha value is -0.770. The Kier molecular flexibility index (Phi) is 2.57. The maximum absolute atomic E-state index is 10.4. The molecule has 70 valence electrons. The standard InChI is InChI=1S/C8H16N2O2/c1-6(10-7(11)12)8(5-9)3-2-4-8/h6,10H,2-5,9H2,1H3,(H,11,12). The molecule has 0 aliphatic heterocycles. The highest BCUT2D eigenvalue weighted by molar-refractivity contribution is 5.64. The van der Waals surface area contributed by atoms with Crippen LogP contribution in [0.1, 0.15) is 26.2 Å². The summed E-state index contributed by atoms with van der Waals surface area (Å²) in [5.74, 6) is 0. The maximum atomic E-state index is 10.4. The normalized spacial score (nSPS) is 22.5. The highest BCUT2D eigenvalue weighted by Crippen LogP contribution is 2.42. The molecule has 0 radical (unpaired) electrons. The average molecular weight is 172 g/mol. The van der Waals surface area contributed by atoms with Gasteiger partial charge in [0.2, 0.25) is 0 Å². The Morgan fingerprint density at radius 3 is 2.58 bits per heavy atom. The zero-order valence-electron chi connectivity index (χ0n) is 7.34. The molecule has 0 bridgehead atoms. The van der Waals surface area contributed by atoms with Crippen LogP contribution in [0.3, 0.4) is 0 Å². The lowest BCUT2D eigenvalue weighted by Gasteiger charge is -2.45. The van der Waals surface area contributed by atoms with E-state index in [1.54, 1.807) is 0 Å². The first-order valence-corrected chi connectivity index (χ1v) is 4.30. The average Bonchev–Trinajstić information content (AvgIpc) is 1.83. The Bertz CT molecular complexity index is 172. The highest BCUT2D eigenvalue weighted by atomic mass is 16.4. The first kappa shape index (κ1) is 9.32. The van der Waals surface area contributed by atoms with Gasteiger partial charge in [-0.25, -0.2) is 4.79 Å². The van der Waals surface area contributed by atoms with E-state index >= 15 is 0 Å². The fraction of sp³-hybridized carbons (Fsp3) is 0.875. The molecule has 0 spiro atoms. The monoisotopic (exact) mass is 172 g/mol. The van der Waals surface area contributed by atoms with Crippen molar-refractivity contribution in [1.29, 1.82) is 0 Å². The highest BCUT2D eigenvalue weighted by Gasteiger charge is 2.41. The molecule has 12 heavy (non-hydrogen) atoms. The van der Waals surface area contributed by atoms with Crippen LogP contribution in [0.25, 0.3) is 0 Å². The second-order valence-corrected chi connectivity index (χ2v) is 3.59. The Balaban J connectivity index is 2.48. The van der Waals surface area contributed by atoms with E-state index in [0.29, 0.717) is 6.54 Å². The number of carboxylic acid groups (broad SMARTS) is 1. The molecule has 1 aliphatic carbocycles. The van der Waals surface area contributed by atoms with Crippen LogP contribution in [0.15, 0.2) is 0 Å². The van der Waals surface area contributed by atoms with Crippen LogP contribution >= 0.6 is 0 Å². The molecule has 1 fully saturated rings. The number of hydrogen-bond donors (Lipinski definition) is 3. The Labute approximate surface area is 72.1 Å². The molecule has 1 rings (SSSR count). The van der Waals surface area contributed by atoms with E-state index in [-0.39, 0.29) is 11.5 Å². The van der Waals surface area contributed by atoms with Crippen molar-refractivity contribution >= 4 is 6.09 Å². The van der Waals surface area contributed by atoms with E-state index in [1.807, 2.05) is 6.92 Å². The topological polar surface area (TPSA) is 75.3 Å². The predicted molar refractivity (Wildman–Crippen MR) is 46.0 cm³/mol. The van der Waals surface area contributed by atoms with Crippen molar-refractivity contribution in [2.75, 3.05) is 6.54 Å². The molecule has 1 aliphatic rings. The van der Waals surface area contributed by atoms with Crippen molar-refractivity contribution in [3.63, 3.8) is 0 Å². The number of nitrogens with two attached hydrogens (primary N) is 1. The minimum Gasteiger partial charge on any atom is -0.465 e. The summed E-state index contributed by atoms with van der Waals surface area (Å²) in [7, 11) is 0. The summed E-state index contributed by atoms with van der Waals surface area (Å²) in [5.41, 5.74) is 5.65. The summed E-state index contributed by atoms with van der Waals surface area (Å²) in [6, 6.07) is -0.0197. The largest absolute Gasteiger partial charge is 0.465 e. The third-order valence-corrected chi connectivity index (χ3v) is 3.01. The lowest BCUT2D eigenvalue weighted by atomic mass is 9.64. The van der Waals surface area contributed by atoms with Crippen LogP contribution in [-0.4, -0.2) is 23.8 Å². The van der Waals surface area contributed by atoms with Crippen molar-refractivity contribution in [1.82, 2.24) is 5.32 Å². The van der Waals surface area contributed by atoms with Gasteiger partial charge in [0.15, 0.2) is 0 Å². The summed E-state index contributed by atoms with van der Waals surface area (Å²) >= 11 is 0. The third kappa shape index (κ3) is 1.53. The molecule has 1 unspecified atom stereocenters. The molecule has 1 atom stereocenters. The fourth-order valence-corrected chi connectivity index (χ4v) is 1.78. The van der Waals surface area contributed by atoms with Gasteiger partial charge < -0.3 is 16.2 Å². The van der Waals surface area contributed by atoms with Gasteiger partial charge in [-0.15, -0.1) is 0 Å². The summed E-state index contributed by atoms with van der Waals surface area (Å²) in [4.78, 5) is 10.4. The van der Waals surface area contributed by atoms with Crippen LogP contribution in [0, 0.1) is 5.41 Å². The molecule has 1 amide bonds. The van der Waals surface area contributed by atoms with Crippen molar-refractivity contribution in [2.24, 2.45) is 11.1 Å². The van der Waals surface area contributed by atoms with E-state index in [4.69, 9.17) is 10.8 Å². The zero-order chi connectivity index (χ0) is 9.19. The SMILES string of the molecule is CC(NC(=O)O)C1(CN)CCC1. The number of nitrogens with one attached hydrogen (secondary N) is 1. The minimum atomic E-state index is -0.956. The van der Waals surface area contributed by atoms with Crippen LogP contribution in [0.5, 0.6) is 0 Å². The van der Waals surface area contributed by atoms with Gasteiger partial charge in [-0.1, -0.05) is 6.42 Å². The quantitative estimate of drug-likeness (QED) is 0.588. The van der Waals surface area contributed by atoms with Crippen LogP contribution in [0.2, 0.25) is 0 Å². The smallest absolute Gasteiger partial charge is 0.404 e. The molecule has 0 heterocycles. The predicted octanol–water partition coefficient (Wildman–Crippen LogP) is 0.771. The van der Waals surface area contributed by atoms with Gasteiger partial charge in [0.1, 0.15) is 0 Å². The van der Waals surface area contributed by atoms with E-state index < -0.39 is 6.09 Å². The first-order chi connectivity index (χ1) is 5.60. The lowest BCUT2D eigenvalue weighted by Crippen LogP contribution is -2.53. The van der Waals surface area contributed by atoms with Crippen LogP contribution < -0.4 is 11.1 Å². The second kappa shape index (κ2) is 3.31. The van der Waals surface area contributed by atoms with E-state index in [0.717, 1.165) is 12.8 Å². The summed E-state index contributed by atoms with van der Waals surface area (Å²) < 4.78 is 0. The first-order valence-electron chi connectivity index (χ1n) is 4.30. The fourth-order valence-electron chi connectivity index (χ4n) is 1.78. The van der Waals surface area contributed by atoms with Gasteiger partial charge in [0.25, 0.3) is 0 Å². The summed E-state index contributed by atoms with van der Waals surface area (Å²) in [6.07, 6.45) is 2.31. The number of amides is 1.